The third kappa shape index (κ3) is 1.61. The fourth-order valence-electron chi connectivity index (χ4n) is 1.69. The Kier molecular flexibility index (Phi) is 2.22. The van der Waals surface area contributed by atoms with Gasteiger partial charge in [0, 0.05) is 18.7 Å². The van der Waals surface area contributed by atoms with Crippen molar-refractivity contribution in [1.82, 2.24) is 10.3 Å². The molecule has 3 rings (SSSR count). The number of oxazole rings is 1. The zero-order valence-electron chi connectivity index (χ0n) is 8.61. The largest absolute Gasteiger partial charge is 0.448 e. The van der Waals surface area contributed by atoms with E-state index in [1.165, 1.54) is 12.1 Å². The highest BCUT2D eigenvalue weighted by Gasteiger charge is 2.23. The van der Waals surface area contributed by atoms with Crippen molar-refractivity contribution in [2.45, 2.75) is 5.92 Å². The molecule has 1 saturated heterocycles. The van der Waals surface area contributed by atoms with E-state index < -0.39 is 0 Å². The highest BCUT2D eigenvalue weighted by atomic mass is 19.1. The summed E-state index contributed by atoms with van der Waals surface area (Å²) in [5.74, 6) is 0.905. The fraction of sp³-hybridized carbons (Fsp3) is 0.250. The first kappa shape index (κ1) is 9.54. The molecule has 0 radical (unpaired) electrons. The van der Waals surface area contributed by atoms with Gasteiger partial charge in [-0.15, -0.1) is 0 Å². The number of benzene rings is 1. The SMILES string of the molecule is Fc1ccc(-c2coc(C3CNC3)n2)cc1. The normalized spacial score (nSPS) is 16.1. The number of aromatic nitrogens is 1. The van der Waals surface area contributed by atoms with Gasteiger partial charge in [0.1, 0.15) is 17.8 Å². The Balaban J connectivity index is 1.88. The van der Waals surface area contributed by atoms with E-state index in [2.05, 4.69) is 10.3 Å². The monoisotopic (exact) mass is 218 g/mol. The van der Waals surface area contributed by atoms with Gasteiger partial charge in [0.2, 0.25) is 0 Å². The molecule has 0 bridgehead atoms. The van der Waals surface area contributed by atoms with Crippen molar-refractivity contribution in [3.63, 3.8) is 0 Å². The van der Waals surface area contributed by atoms with Crippen molar-refractivity contribution in [3.8, 4) is 11.3 Å². The second-order valence-electron chi connectivity index (χ2n) is 3.93. The second kappa shape index (κ2) is 3.72. The van der Waals surface area contributed by atoms with Crippen LogP contribution >= 0.6 is 0 Å². The topological polar surface area (TPSA) is 38.1 Å². The molecule has 1 N–H and O–H groups in total. The molecule has 1 aromatic heterocycles. The first-order valence-electron chi connectivity index (χ1n) is 5.25. The van der Waals surface area contributed by atoms with E-state index in [4.69, 9.17) is 4.42 Å². The number of hydrogen-bond donors (Lipinski definition) is 1. The smallest absolute Gasteiger partial charge is 0.200 e. The lowest BCUT2D eigenvalue weighted by atomic mass is 10.0. The summed E-state index contributed by atoms with van der Waals surface area (Å²) < 4.78 is 18.2. The number of halogens is 1. The summed E-state index contributed by atoms with van der Waals surface area (Å²) in [5, 5.41) is 3.17. The molecule has 3 nitrogen and oxygen atoms in total. The molecule has 1 aromatic carbocycles. The zero-order chi connectivity index (χ0) is 11.0. The quantitative estimate of drug-likeness (QED) is 0.839. The molecule has 2 heterocycles. The Bertz CT molecular complexity index is 488. The first-order chi connectivity index (χ1) is 7.83. The Morgan fingerprint density at radius 3 is 2.62 bits per heavy atom. The van der Waals surface area contributed by atoms with Crippen LogP contribution in [0.25, 0.3) is 11.3 Å². The van der Waals surface area contributed by atoms with Crippen molar-refractivity contribution in [1.29, 1.82) is 0 Å². The van der Waals surface area contributed by atoms with Crippen molar-refractivity contribution >= 4 is 0 Å². The van der Waals surface area contributed by atoms with E-state index in [9.17, 15) is 4.39 Å². The van der Waals surface area contributed by atoms with Gasteiger partial charge in [0.25, 0.3) is 0 Å². The Hall–Kier alpha value is -1.68. The summed E-state index contributed by atoms with van der Waals surface area (Å²) in [5.41, 5.74) is 1.64. The number of nitrogens with one attached hydrogen (secondary N) is 1. The maximum atomic E-state index is 12.7. The van der Waals surface area contributed by atoms with Crippen LogP contribution in [-0.4, -0.2) is 18.1 Å². The lowest BCUT2D eigenvalue weighted by Gasteiger charge is -2.23. The predicted octanol–water partition coefficient (Wildman–Crippen LogP) is 2.17. The van der Waals surface area contributed by atoms with Gasteiger partial charge >= 0.3 is 0 Å². The van der Waals surface area contributed by atoms with Crippen molar-refractivity contribution in [3.05, 3.63) is 42.2 Å². The minimum atomic E-state index is -0.240. The van der Waals surface area contributed by atoms with Gasteiger partial charge in [-0.1, -0.05) is 0 Å². The molecule has 1 aliphatic heterocycles. The fourth-order valence-corrected chi connectivity index (χ4v) is 1.69. The molecule has 0 spiro atoms. The lowest BCUT2D eigenvalue weighted by Crippen LogP contribution is -2.40. The lowest BCUT2D eigenvalue weighted by molar-refractivity contribution is 0.357. The van der Waals surface area contributed by atoms with Crippen LogP contribution in [0.4, 0.5) is 4.39 Å². The number of nitrogens with zero attached hydrogens (tertiary/aromatic N) is 1. The average molecular weight is 218 g/mol. The Morgan fingerprint density at radius 1 is 1.25 bits per heavy atom. The second-order valence-corrected chi connectivity index (χ2v) is 3.93. The van der Waals surface area contributed by atoms with E-state index in [1.807, 2.05) is 0 Å². The van der Waals surface area contributed by atoms with Gasteiger partial charge in [0.05, 0.1) is 5.92 Å². The van der Waals surface area contributed by atoms with Crippen LogP contribution in [0.15, 0.2) is 34.9 Å². The van der Waals surface area contributed by atoms with Crippen LogP contribution in [-0.2, 0) is 0 Å². The maximum Gasteiger partial charge on any atom is 0.200 e. The summed E-state index contributed by atoms with van der Waals surface area (Å²) >= 11 is 0. The maximum absolute atomic E-state index is 12.7. The molecule has 0 aliphatic carbocycles. The van der Waals surface area contributed by atoms with Crippen LogP contribution in [0.2, 0.25) is 0 Å². The minimum Gasteiger partial charge on any atom is -0.448 e. The molecule has 1 aliphatic rings. The van der Waals surface area contributed by atoms with Crippen molar-refractivity contribution < 1.29 is 8.81 Å². The van der Waals surface area contributed by atoms with Crippen molar-refractivity contribution in [2.24, 2.45) is 0 Å². The summed E-state index contributed by atoms with van der Waals surface area (Å²) in [6, 6.07) is 6.26. The predicted molar refractivity (Wildman–Crippen MR) is 57.5 cm³/mol. The summed E-state index contributed by atoms with van der Waals surface area (Å²) in [7, 11) is 0. The van der Waals surface area contributed by atoms with Crippen LogP contribution in [0.5, 0.6) is 0 Å². The Labute approximate surface area is 92.3 Å². The van der Waals surface area contributed by atoms with E-state index in [0.29, 0.717) is 5.92 Å². The molecule has 0 atom stereocenters. The third-order valence-electron chi connectivity index (χ3n) is 2.79. The molecular weight excluding hydrogens is 207 g/mol. The van der Waals surface area contributed by atoms with E-state index in [1.54, 1.807) is 18.4 Å². The van der Waals surface area contributed by atoms with Crippen molar-refractivity contribution in [2.75, 3.05) is 13.1 Å². The molecule has 0 saturated carbocycles. The summed E-state index contributed by atoms with van der Waals surface area (Å²) in [6.45, 7) is 1.84. The summed E-state index contributed by atoms with van der Waals surface area (Å²) in [6.07, 6.45) is 1.63. The van der Waals surface area contributed by atoms with E-state index >= 15 is 0 Å². The molecule has 0 amide bonds. The third-order valence-corrected chi connectivity index (χ3v) is 2.79. The first-order valence-corrected chi connectivity index (χ1v) is 5.25. The highest BCUT2D eigenvalue weighted by Crippen LogP contribution is 2.24. The number of rotatable bonds is 2. The van der Waals surface area contributed by atoms with E-state index in [-0.39, 0.29) is 5.82 Å². The minimum absolute atomic E-state index is 0.240. The van der Waals surface area contributed by atoms with E-state index in [0.717, 1.165) is 30.2 Å². The zero-order valence-corrected chi connectivity index (χ0v) is 8.61. The molecule has 4 heteroatoms. The van der Waals surface area contributed by atoms with Gasteiger partial charge < -0.3 is 9.73 Å². The van der Waals surface area contributed by atoms with Crippen LogP contribution in [0.1, 0.15) is 11.8 Å². The highest BCUT2D eigenvalue weighted by molar-refractivity contribution is 5.57. The number of hydrogen-bond acceptors (Lipinski definition) is 3. The summed E-state index contributed by atoms with van der Waals surface area (Å²) in [4.78, 5) is 4.40. The molecule has 16 heavy (non-hydrogen) atoms. The van der Waals surface area contributed by atoms with Gasteiger partial charge in [0.15, 0.2) is 5.89 Å². The molecular formula is C12H11FN2O. The van der Waals surface area contributed by atoms with Crippen LogP contribution in [0.3, 0.4) is 0 Å². The Morgan fingerprint density at radius 2 is 2.00 bits per heavy atom. The van der Waals surface area contributed by atoms with Crippen LogP contribution in [0, 0.1) is 5.82 Å². The molecule has 0 unspecified atom stereocenters. The van der Waals surface area contributed by atoms with Gasteiger partial charge in [-0.05, 0) is 24.3 Å². The molecule has 82 valence electrons. The molecule has 2 aromatic rings. The van der Waals surface area contributed by atoms with Gasteiger partial charge in [-0.2, -0.15) is 0 Å². The standard InChI is InChI=1S/C12H11FN2O/c13-10-3-1-8(2-4-10)11-7-16-12(15-11)9-5-14-6-9/h1-4,7,9,14H,5-6H2. The van der Waals surface area contributed by atoms with Crippen LogP contribution < -0.4 is 5.32 Å². The average Bonchev–Trinajstić information content (AvgIpc) is 2.65. The van der Waals surface area contributed by atoms with Gasteiger partial charge in [-0.25, -0.2) is 9.37 Å². The van der Waals surface area contributed by atoms with Gasteiger partial charge in [-0.3, -0.25) is 0 Å². The molecule has 1 fully saturated rings.